The Labute approximate surface area is 144 Å². The van der Waals surface area contributed by atoms with E-state index in [4.69, 9.17) is 11.6 Å². The maximum absolute atomic E-state index is 11.4. The highest BCUT2D eigenvalue weighted by atomic mass is 35.5. The molecule has 3 rings (SSSR count). The first-order valence-electron chi connectivity index (χ1n) is 7.74. The molecule has 0 bridgehead atoms. The molecule has 1 aromatic carbocycles. The highest BCUT2D eigenvalue weighted by molar-refractivity contribution is 6.31. The molecule has 2 heterocycles. The summed E-state index contributed by atoms with van der Waals surface area (Å²) in [4.78, 5) is 12.9. The topological polar surface area (TPSA) is 84.4 Å². The van der Waals surface area contributed by atoms with Crippen LogP contribution in [-0.2, 0) is 12.6 Å². The summed E-state index contributed by atoms with van der Waals surface area (Å²) in [5.41, 5.74) is 0.115. The van der Waals surface area contributed by atoms with E-state index in [2.05, 4.69) is 5.10 Å². The minimum Gasteiger partial charge on any atom is -0.385 e. The van der Waals surface area contributed by atoms with Gasteiger partial charge in [0, 0.05) is 30.7 Å². The number of rotatable bonds is 3. The zero-order chi connectivity index (χ0) is 17.5. The Balaban J connectivity index is 1.86. The van der Waals surface area contributed by atoms with E-state index in [1.165, 1.54) is 4.68 Å². The van der Waals surface area contributed by atoms with Crippen molar-refractivity contribution in [1.29, 1.82) is 0 Å². The molecule has 1 aromatic heterocycles. The number of piperidine rings is 1. The number of aliphatic hydroxyl groups is 1. The molecule has 1 aliphatic heterocycles. The van der Waals surface area contributed by atoms with Gasteiger partial charge in [-0.3, -0.25) is 10.1 Å². The number of halogens is 1. The van der Waals surface area contributed by atoms with E-state index in [1.807, 2.05) is 23.1 Å². The van der Waals surface area contributed by atoms with Crippen molar-refractivity contribution < 1.29 is 10.0 Å². The van der Waals surface area contributed by atoms with Crippen LogP contribution < -0.4 is 4.90 Å². The van der Waals surface area contributed by atoms with Crippen LogP contribution in [0, 0.1) is 17.0 Å². The molecule has 0 aliphatic carbocycles. The van der Waals surface area contributed by atoms with Crippen molar-refractivity contribution in [2.75, 3.05) is 18.0 Å². The fraction of sp³-hybridized carbons (Fsp3) is 0.438. The first-order chi connectivity index (χ1) is 11.3. The maximum atomic E-state index is 11.4. The summed E-state index contributed by atoms with van der Waals surface area (Å²) in [7, 11) is 1.70. The van der Waals surface area contributed by atoms with Crippen LogP contribution in [0.1, 0.15) is 24.1 Å². The van der Waals surface area contributed by atoms with E-state index in [0.717, 1.165) is 0 Å². The molecule has 0 amide bonds. The van der Waals surface area contributed by atoms with Gasteiger partial charge in [-0.15, -0.1) is 0 Å². The summed E-state index contributed by atoms with van der Waals surface area (Å²) in [6.45, 7) is 2.61. The van der Waals surface area contributed by atoms with Crippen LogP contribution in [0.2, 0.25) is 5.02 Å². The number of benzene rings is 1. The average molecular weight is 351 g/mol. The van der Waals surface area contributed by atoms with Crippen LogP contribution in [0.5, 0.6) is 0 Å². The molecule has 128 valence electrons. The van der Waals surface area contributed by atoms with Gasteiger partial charge in [-0.2, -0.15) is 5.10 Å². The molecule has 1 N–H and O–H groups in total. The predicted octanol–water partition coefficient (Wildman–Crippen LogP) is 2.78. The van der Waals surface area contributed by atoms with Gasteiger partial charge in [0.25, 0.3) is 0 Å². The quantitative estimate of drug-likeness (QED) is 0.679. The summed E-state index contributed by atoms with van der Waals surface area (Å²) in [6.07, 6.45) is 0.885. The van der Waals surface area contributed by atoms with Crippen LogP contribution in [0.3, 0.4) is 0 Å². The molecule has 1 fully saturated rings. The molecule has 0 saturated carbocycles. The lowest BCUT2D eigenvalue weighted by atomic mass is 9.84. The van der Waals surface area contributed by atoms with Crippen molar-refractivity contribution in [1.82, 2.24) is 9.78 Å². The standard InChI is InChI=1S/C16H19ClN4O3/c1-11-14(21(23)24)15(19(2)18-11)20-9-7-16(22,8-10-20)12-5-3-4-6-13(12)17/h3-6,22H,7-10H2,1-2H3. The minimum atomic E-state index is -1.02. The first-order valence-corrected chi connectivity index (χ1v) is 8.11. The van der Waals surface area contributed by atoms with Crippen LogP contribution in [0.4, 0.5) is 11.5 Å². The predicted molar refractivity (Wildman–Crippen MR) is 91.4 cm³/mol. The SMILES string of the molecule is Cc1nn(C)c(N2CCC(O)(c3ccccc3Cl)CC2)c1[N+](=O)[O-]. The molecule has 1 aliphatic rings. The van der Waals surface area contributed by atoms with Gasteiger partial charge >= 0.3 is 5.69 Å². The van der Waals surface area contributed by atoms with Crippen molar-refractivity contribution in [2.24, 2.45) is 7.05 Å². The average Bonchev–Trinajstić information content (AvgIpc) is 2.83. The number of nitrogens with zero attached hydrogens (tertiary/aromatic N) is 4. The van der Waals surface area contributed by atoms with Crippen LogP contribution >= 0.6 is 11.6 Å². The Bertz CT molecular complexity index is 782. The summed E-state index contributed by atoms with van der Waals surface area (Å²) < 4.78 is 1.54. The zero-order valence-corrected chi connectivity index (χ0v) is 14.3. The Morgan fingerprint density at radius 3 is 2.54 bits per heavy atom. The normalized spacial score (nSPS) is 17.1. The molecule has 0 radical (unpaired) electrons. The van der Waals surface area contributed by atoms with Crippen LogP contribution in [0.15, 0.2) is 24.3 Å². The Morgan fingerprint density at radius 1 is 1.33 bits per heavy atom. The first kappa shape index (κ1) is 16.7. The highest BCUT2D eigenvalue weighted by Gasteiger charge is 2.38. The van der Waals surface area contributed by atoms with E-state index in [1.54, 1.807) is 20.0 Å². The van der Waals surface area contributed by atoms with E-state index < -0.39 is 10.5 Å². The molecule has 0 unspecified atom stereocenters. The van der Waals surface area contributed by atoms with Gasteiger partial charge < -0.3 is 10.0 Å². The zero-order valence-electron chi connectivity index (χ0n) is 13.6. The number of hydrogen-bond acceptors (Lipinski definition) is 5. The van der Waals surface area contributed by atoms with Gasteiger partial charge in [0.15, 0.2) is 0 Å². The summed E-state index contributed by atoms with van der Waals surface area (Å²) in [6, 6.07) is 7.26. The largest absolute Gasteiger partial charge is 0.385 e. The third-order valence-corrected chi connectivity index (χ3v) is 4.94. The number of anilines is 1. The molecule has 0 spiro atoms. The number of hydrogen-bond donors (Lipinski definition) is 1. The second-order valence-corrected chi connectivity index (χ2v) is 6.54. The second-order valence-electron chi connectivity index (χ2n) is 6.14. The molecule has 1 saturated heterocycles. The molecule has 8 heteroatoms. The van der Waals surface area contributed by atoms with E-state index in [0.29, 0.717) is 48.0 Å². The Kier molecular flexibility index (Phi) is 4.23. The molecule has 24 heavy (non-hydrogen) atoms. The van der Waals surface area contributed by atoms with Crippen molar-refractivity contribution in [3.63, 3.8) is 0 Å². The fourth-order valence-electron chi connectivity index (χ4n) is 3.40. The summed E-state index contributed by atoms with van der Waals surface area (Å²) >= 11 is 6.22. The molecular weight excluding hydrogens is 332 g/mol. The smallest absolute Gasteiger partial charge is 0.333 e. The van der Waals surface area contributed by atoms with Crippen molar-refractivity contribution >= 4 is 23.1 Å². The lowest BCUT2D eigenvalue weighted by molar-refractivity contribution is -0.384. The fourth-order valence-corrected chi connectivity index (χ4v) is 3.71. The van der Waals surface area contributed by atoms with Crippen molar-refractivity contribution in [3.8, 4) is 0 Å². The van der Waals surface area contributed by atoms with Crippen LogP contribution in [0.25, 0.3) is 0 Å². The number of aromatic nitrogens is 2. The number of nitro groups is 1. The Morgan fingerprint density at radius 2 is 1.96 bits per heavy atom. The summed E-state index contributed by atoms with van der Waals surface area (Å²) in [5, 5.41) is 27.0. The van der Waals surface area contributed by atoms with Gasteiger partial charge in [-0.05, 0) is 25.8 Å². The maximum Gasteiger partial charge on any atom is 0.333 e. The third kappa shape index (κ3) is 2.74. The monoisotopic (exact) mass is 350 g/mol. The summed E-state index contributed by atoms with van der Waals surface area (Å²) in [5.74, 6) is 0.485. The van der Waals surface area contributed by atoms with E-state index >= 15 is 0 Å². The molecule has 7 nitrogen and oxygen atoms in total. The Hall–Kier alpha value is -2.12. The minimum absolute atomic E-state index is 0.0284. The lowest BCUT2D eigenvalue weighted by Crippen LogP contribution is -2.43. The van der Waals surface area contributed by atoms with Gasteiger partial charge in [0.05, 0.1) is 10.5 Å². The lowest BCUT2D eigenvalue weighted by Gasteiger charge is -2.39. The second kappa shape index (κ2) is 6.07. The number of aryl methyl sites for hydroxylation is 2. The van der Waals surface area contributed by atoms with E-state index in [9.17, 15) is 15.2 Å². The van der Waals surface area contributed by atoms with Gasteiger partial charge in [-0.1, -0.05) is 29.8 Å². The molecule has 0 atom stereocenters. The van der Waals surface area contributed by atoms with Crippen LogP contribution in [-0.4, -0.2) is 32.9 Å². The van der Waals surface area contributed by atoms with E-state index in [-0.39, 0.29) is 5.69 Å². The molecule has 2 aromatic rings. The van der Waals surface area contributed by atoms with Crippen molar-refractivity contribution in [3.05, 3.63) is 50.7 Å². The van der Waals surface area contributed by atoms with Crippen molar-refractivity contribution in [2.45, 2.75) is 25.4 Å². The third-order valence-electron chi connectivity index (χ3n) is 4.61. The van der Waals surface area contributed by atoms with Gasteiger partial charge in [0.2, 0.25) is 5.82 Å². The van der Waals surface area contributed by atoms with Gasteiger partial charge in [-0.25, -0.2) is 4.68 Å². The van der Waals surface area contributed by atoms with Gasteiger partial charge in [0.1, 0.15) is 5.69 Å². The highest BCUT2D eigenvalue weighted by Crippen LogP contribution is 2.40. The molecular formula is C16H19ClN4O3.